The van der Waals surface area contributed by atoms with E-state index in [1.54, 1.807) is 0 Å². The molecule has 4 heteroatoms. The first-order chi connectivity index (χ1) is 8.02. The predicted molar refractivity (Wildman–Crippen MR) is 71.2 cm³/mol. The Hall–Kier alpha value is -0.610. The Balaban J connectivity index is 2.31. The molecule has 18 heavy (non-hydrogen) atoms. The zero-order valence-corrected chi connectivity index (χ0v) is 12.4. The number of amides is 1. The maximum absolute atomic E-state index is 12.2. The van der Waals surface area contributed by atoms with Crippen LogP contribution in [-0.2, 0) is 9.53 Å². The molecule has 1 amide bonds. The summed E-state index contributed by atoms with van der Waals surface area (Å²) in [6, 6.07) is 0. The summed E-state index contributed by atoms with van der Waals surface area (Å²) in [5.74, 6) is 0.0264. The first-order valence-electron chi connectivity index (χ1n) is 6.84. The van der Waals surface area contributed by atoms with Crippen molar-refractivity contribution in [1.82, 2.24) is 10.6 Å². The molecule has 2 saturated heterocycles. The van der Waals surface area contributed by atoms with Gasteiger partial charge < -0.3 is 15.4 Å². The van der Waals surface area contributed by atoms with E-state index in [0.29, 0.717) is 6.42 Å². The summed E-state index contributed by atoms with van der Waals surface area (Å²) in [5.41, 5.74) is -1.29. The fourth-order valence-electron chi connectivity index (χ4n) is 3.73. The molecule has 2 N–H and O–H groups in total. The Morgan fingerprint density at radius 3 is 2.00 bits per heavy atom. The molecule has 2 heterocycles. The van der Waals surface area contributed by atoms with Crippen LogP contribution in [0.4, 0.5) is 0 Å². The van der Waals surface area contributed by atoms with Crippen molar-refractivity contribution in [2.24, 2.45) is 0 Å². The number of nitrogens with one attached hydrogen (secondary N) is 2. The molecule has 2 aliphatic heterocycles. The molecule has 0 aromatic heterocycles. The predicted octanol–water partition coefficient (Wildman–Crippen LogP) is 1.94. The second kappa shape index (κ2) is 3.70. The van der Waals surface area contributed by atoms with Gasteiger partial charge in [-0.15, -0.1) is 0 Å². The third-order valence-electron chi connectivity index (χ3n) is 4.05. The monoisotopic (exact) mass is 254 g/mol. The Kier molecular flexibility index (Phi) is 2.84. The van der Waals surface area contributed by atoms with Gasteiger partial charge >= 0.3 is 0 Å². The number of piperidine rings is 1. The summed E-state index contributed by atoms with van der Waals surface area (Å²) >= 11 is 0. The second-order valence-corrected chi connectivity index (χ2v) is 7.38. The van der Waals surface area contributed by atoms with Crippen molar-refractivity contribution in [2.75, 3.05) is 0 Å². The van der Waals surface area contributed by atoms with Gasteiger partial charge in [-0.3, -0.25) is 4.79 Å². The number of rotatable bonds is 1. The maximum Gasteiger partial charge on any atom is 0.254 e. The standard InChI is InChI=1S/C14H26N2O2/c1-7-13(6)10(17)15-14(18-13)8-11(2,3)16-12(4,5)9-14/h16H,7-9H2,1-6H3,(H,15,17). The Bertz CT molecular complexity index is 360. The highest BCUT2D eigenvalue weighted by Gasteiger charge is 2.57. The summed E-state index contributed by atoms with van der Waals surface area (Å²) in [7, 11) is 0. The molecule has 0 radical (unpaired) electrons. The van der Waals surface area contributed by atoms with Gasteiger partial charge in [-0.2, -0.15) is 0 Å². The van der Waals surface area contributed by atoms with Crippen molar-refractivity contribution in [3.05, 3.63) is 0 Å². The Morgan fingerprint density at radius 1 is 1.11 bits per heavy atom. The van der Waals surface area contributed by atoms with Gasteiger partial charge in [-0.05, 0) is 41.0 Å². The second-order valence-electron chi connectivity index (χ2n) is 7.38. The summed E-state index contributed by atoms with van der Waals surface area (Å²) < 4.78 is 6.21. The SMILES string of the molecule is CCC1(C)OC2(CC(C)(C)NC(C)(C)C2)NC1=O. The van der Waals surface area contributed by atoms with Crippen LogP contribution in [0, 0.1) is 0 Å². The topological polar surface area (TPSA) is 50.4 Å². The van der Waals surface area contributed by atoms with E-state index >= 15 is 0 Å². The minimum Gasteiger partial charge on any atom is -0.340 e. The van der Waals surface area contributed by atoms with E-state index in [1.807, 2.05) is 13.8 Å². The smallest absolute Gasteiger partial charge is 0.254 e. The van der Waals surface area contributed by atoms with E-state index in [2.05, 4.69) is 38.3 Å². The molecule has 1 unspecified atom stereocenters. The molecule has 0 aliphatic carbocycles. The fraction of sp³-hybridized carbons (Fsp3) is 0.929. The molecule has 0 aromatic rings. The van der Waals surface area contributed by atoms with Gasteiger partial charge in [0.15, 0.2) is 0 Å². The van der Waals surface area contributed by atoms with E-state index in [1.165, 1.54) is 0 Å². The molecule has 1 spiro atoms. The van der Waals surface area contributed by atoms with Gasteiger partial charge in [-0.1, -0.05) is 6.92 Å². The first kappa shape index (κ1) is 13.8. The van der Waals surface area contributed by atoms with Crippen molar-refractivity contribution in [2.45, 2.75) is 83.2 Å². The van der Waals surface area contributed by atoms with Gasteiger partial charge in [-0.25, -0.2) is 0 Å². The average Bonchev–Trinajstić information content (AvgIpc) is 2.32. The van der Waals surface area contributed by atoms with Crippen molar-refractivity contribution in [3.63, 3.8) is 0 Å². The van der Waals surface area contributed by atoms with Crippen LogP contribution in [0.2, 0.25) is 0 Å². The first-order valence-corrected chi connectivity index (χ1v) is 6.84. The highest BCUT2D eigenvalue weighted by Crippen LogP contribution is 2.43. The molecule has 0 saturated carbocycles. The molecular weight excluding hydrogens is 228 g/mol. The van der Waals surface area contributed by atoms with Crippen molar-refractivity contribution in [3.8, 4) is 0 Å². The van der Waals surface area contributed by atoms with Crippen molar-refractivity contribution in [1.29, 1.82) is 0 Å². The van der Waals surface area contributed by atoms with E-state index in [9.17, 15) is 4.79 Å². The summed E-state index contributed by atoms with van der Waals surface area (Å²) in [4.78, 5) is 12.2. The average molecular weight is 254 g/mol. The quantitative estimate of drug-likeness (QED) is 0.752. The lowest BCUT2D eigenvalue weighted by Crippen LogP contribution is -2.66. The van der Waals surface area contributed by atoms with Gasteiger partial charge in [0, 0.05) is 23.9 Å². The molecule has 4 nitrogen and oxygen atoms in total. The molecule has 104 valence electrons. The van der Waals surface area contributed by atoms with Crippen LogP contribution in [0.25, 0.3) is 0 Å². The fourth-order valence-corrected chi connectivity index (χ4v) is 3.73. The van der Waals surface area contributed by atoms with Gasteiger partial charge in [0.1, 0.15) is 11.3 Å². The zero-order valence-electron chi connectivity index (χ0n) is 12.4. The number of hydrogen-bond acceptors (Lipinski definition) is 3. The summed E-state index contributed by atoms with van der Waals surface area (Å²) in [5, 5.41) is 6.73. The van der Waals surface area contributed by atoms with Crippen LogP contribution in [0.3, 0.4) is 0 Å². The van der Waals surface area contributed by atoms with E-state index in [-0.39, 0.29) is 17.0 Å². The molecule has 0 bridgehead atoms. The van der Waals surface area contributed by atoms with Gasteiger partial charge in [0.25, 0.3) is 5.91 Å². The van der Waals surface area contributed by atoms with Crippen LogP contribution in [0.5, 0.6) is 0 Å². The van der Waals surface area contributed by atoms with Crippen molar-refractivity contribution < 1.29 is 9.53 Å². The van der Waals surface area contributed by atoms with Crippen LogP contribution in [0.15, 0.2) is 0 Å². The third kappa shape index (κ3) is 2.28. The number of ether oxygens (including phenoxy) is 1. The normalized spacial score (nSPS) is 36.7. The van der Waals surface area contributed by atoms with E-state index in [4.69, 9.17) is 4.74 Å². The third-order valence-corrected chi connectivity index (χ3v) is 4.05. The lowest BCUT2D eigenvalue weighted by molar-refractivity contribution is -0.153. The molecule has 2 fully saturated rings. The van der Waals surface area contributed by atoms with Crippen LogP contribution < -0.4 is 10.6 Å². The van der Waals surface area contributed by atoms with E-state index in [0.717, 1.165) is 12.8 Å². The maximum atomic E-state index is 12.2. The Morgan fingerprint density at radius 2 is 1.61 bits per heavy atom. The molecule has 2 rings (SSSR count). The highest BCUT2D eigenvalue weighted by molar-refractivity contribution is 5.87. The van der Waals surface area contributed by atoms with Crippen molar-refractivity contribution >= 4 is 5.91 Å². The molecular formula is C14H26N2O2. The number of carbonyl (C=O) groups is 1. The molecule has 0 aromatic carbocycles. The number of hydrogen-bond donors (Lipinski definition) is 2. The highest BCUT2D eigenvalue weighted by atomic mass is 16.6. The van der Waals surface area contributed by atoms with E-state index < -0.39 is 11.3 Å². The minimum absolute atomic E-state index is 0.0264. The summed E-state index contributed by atoms with van der Waals surface area (Å²) in [6.07, 6.45) is 2.30. The molecule has 2 aliphatic rings. The molecule has 1 atom stereocenters. The zero-order chi connectivity index (χ0) is 13.8. The van der Waals surface area contributed by atoms with Gasteiger partial charge in [0.05, 0.1) is 0 Å². The number of carbonyl (C=O) groups excluding carboxylic acids is 1. The lowest BCUT2D eigenvalue weighted by Gasteiger charge is -2.51. The van der Waals surface area contributed by atoms with Crippen LogP contribution in [0.1, 0.15) is 60.8 Å². The minimum atomic E-state index is -0.677. The largest absolute Gasteiger partial charge is 0.340 e. The summed E-state index contributed by atoms with van der Waals surface area (Å²) in [6.45, 7) is 12.5. The van der Waals surface area contributed by atoms with Crippen LogP contribution in [-0.4, -0.2) is 28.3 Å². The van der Waals surface area contributed by atoms with Crippen LogP contribution >= 0.6 is 0 Å². The lowest BCUT2D eigenvalue weighted by atomic mass is 9.77. The Labute approximate surface area is 110 Å². The van der Waals surface area contributed by atoms with Gasteiger partial charge in [0.2, 0.25) is 0 Å².